The van der Waals surface area contributed by atoms with Crippen LogP contribution >= 0.6 is 0 Å². The summed E-state index contributed by atoms with van der Waals surface area (Å²) in [6, 6.07) is 12.1. The van der Waals surface area contributed by atoms with Gasteiger partial charge in [0.15, 0.2) is 11.5 Å². The number of para-hydroxylation sites is 1. The van der Waals surface area contributed by atoms with Crippen molar-refractivity contribution in [3.8, 4) is 11.5 Å². The van der Waals surface area contributed by atoms with Crippen LogP contribution in [0.2, 0.25) is 0 Å². The molecule has 2 aromatic rings. The van der Waals surface area contributed by atoms with Gasteiger partial charge in [-0.05, 0) is 42.5 Å². The molecular weight excluding hydrogens is 332 g/mol. The zero-order valence-electron chi connectivity index (χ0n) is 14.5. The van der Waals surface area contributed by atoms with Crippen molar-refractivity contribution in [1.29, 1.82) is 0 Å². The van der Waals surface area contributed by atoms with E-state index in [-0.39, 0.29) is 11.8 Å². The van der Waals surface area contributed by atoms with Crippen molar-refractivity contribution in [3.05, 3.63) is 60.7 Å². The van der Waals surface area contributed by atoms with E-state index in [1.54, 1.807) is 37.4 Å². The summed E-state index contributed by atoms with van der Waals surface area (Å²) in [7, 11) is 1.65. The largest absolute Gasteiger partial charge is 0.489 e. The number of likely N-dealkylation sites (N-methyl/N-ethyl adjacent to an activating group) is 1. The van der Waals surface area contributed by atoms with Gasteiger partial charge in [-0.25, -0.2) is 0 Å². The van der Waals surface area contributed by atoms with Gasteiger partial charge in [-0.1, -0.05) is 12.6 Å². The van der Waals surface area contributed by atoms with E-state index in [1.165, 1.54) is 11.0 Å². The Morgan fingerprint density at radius 1 is 1.12 bits per heavy atom. The fourth-order valence-corrected chi connectivity index (χ4v) is 2.59. The molecule has 1 aliphatic heterocycles. The molecule has 1 N–H and O–H groups in total. The predicted octanol–water partition coefficient (Wildman–Crippen LogP) is 3.25. The summed E-state index contributed by atoms with van der Waals surface area (Å²) in [6.45, 7) is 4.59. The zero-order valence-corrected chi connectivity index (χ0v) is 14.5. The molecule has 0 bridgehead atoms. The van der Waals surface area contributed by atoms with Crippen molar-refractivity contribution in [2.75, 3.05) is 30.5 Å². The molecule has 0 fully saturated rings. The molecule has 2 amide bonds. The first-order chi connectivity index (χ1) is 12.6. The quantitative estimate of drug-likeness (QED) is 0.858. The topological polar surface area (TPSA) is 67.9 Å². The fraction of sp³-hybridized carbons (Fsp3) is 0.200. The summed E-state index contributed by atoms with van der Waals surface area (Å²) in [4.78, 5) is 25.6. The van der Waals surface area contributed by atoms with Crippen molar-refractivity contribution in [1.82, 2.24) is 0 Å². The van der Waals surface area contributed by atoms with E-state index in [4.69, 9.17) is 9.47 Å². The Morgan fingerprint density at radius 3 is 2.58 bits per heavy atom. The lowest BCUT2D eigenvalue weighted by Crippen LogP contribution is -2.23. The molecule has 6 nitrogen and oxygen atoms in total. The molecule has 134 valence electrons. The van der Waals surface area contributed by atoms with Crippen molar-refractivity contribution in [2.45, 2.75) is 6.42 Å². The first kappa shape index (κ1) is 17.5. The Morgan fingerprint density at radius 2 is 1.85 bits per heavy atom. The van der Waals surface area contributed by atoms with Crippen LogP contribution in [-0.2, 0) is 4.79 Å². The molecule has 0 spiro atoms. The lowest BCUT2D eigenvalue weighted by atomic mass is 10.1. The summed E-state index contributed by atoms with van der Waals surface area (Å²) < 4.78 is 11.3. The van der Waals surface area contributed by atoms with Crippen LogP contribution in [0, 0.1) is 0 Å². The number of carbonyl (C=O) groups is 2. The third-order valence-electron chi connectivity index (χ3n) is 4.04. The summed E-state index contributed by atoms with van der Waals surface area (Å²) in [5, 5.41) is 2.86. The third-order valence-corrected chi connectivity index (χ3v) is 4.04. The molecule has 3 rings (SSSR count). The minimum absolute atomic E-state index is 0.216. The number of rotatable bonds is 4. The van der Waals surface area contributed by atoms with Gasteiger partial charge in [0.1, 0.15) is 0 Å². The second kappa shape index (κ2) is 7.74. The van der Waals surface area contributed by atoms with Gasteiger partial charge in [0.05, 0.1) is 18.9 Å². The highest BCUT2D eigenvalue weighted by Gasteiger charge is 2.17. The van der Waals surface area contributed by atoms with Crippen molar-refractivity contribution >= 4 is 23.2 Å². The molecule has 1 heterocycles. The Hall–Kier alpha value is -3.28. The Bertz CT molecular complexity index is 830. The zero-order chi connectivity index (χ0) is 18.5. The number of hydrogen-bond acceptors (Lipinski definition) is 4. The van der Waals surface area contributed by atoms with Crippen LogP contribution < -0.4 is 19.7 Å². The average Bonchev–Trinajstić information content (AvgIpc) is 2.93. The average molecular weight is 352 g/mol. The summed E-state index contributed by atoms with van der Waals surface area (Å²) in [5.41, 5.74) is 1.72. The number of fused-ring (bicyclic) bond motifs is 1. The van der Waals surface area contributed by atoms with E-state index in [9.17, 15) is 9.59 Å². The number of benzene rings is 2. The van der Waals surface area contributed by atoms with Crippen LogP contribution in [0.25, 0.3) is 0 Å². The van der Waals surface area contributed by atoms with E-state index in [0.29, 0.717) is 41.7 Å². The van der Waals surface area contributed by atoms with Crippen molar-refractivity contribution < 1.29 is 19.1 Å². The molecule has 26 heavy (non-hydrogen) atoms. The summed E-state index contributed by atoms with van der Waals surface area (Å²) in [5.74, 6) is 0.688. The van der Waals surface area contributed by atoms with Gasteiger partial charge >= 0.3 is 0 Å². The van der Waals surface area contributed by atoms with E-state index in [2.05, 4.69) is 11.9 Å². The third kappa shape index (κ3) is 3.69. The molecule has 0 aromatic heterocycles. The Labute approximate surface area is 152 Å². The molecule has 0 atom stereocenters. The Kier molecular flexibility index (Phi) is 5.22. The van der Waals surface area contributed by atoms with Gasteiger partial charge in [-0.3, -0.25) is 9.59 Å². The van der Waals surface area contributed by atoms with Gasteiger partial charge in [-0.2, -0.15) is 0 Å². The number of hydrogen-bond donors (Lipinski definition) is 1. The highest BCUT2D eigenvalue weighted by atomic mass is 16.5. The maximum atomic E-state index is 12.6. The van der Waals surface area contributed by atoms with E-state index in [0.717, 1.165) is 6.42 Å². The number of nitrogens with one attached hydrogen (secondary N) is 1. The maximum Gasteiger partial charge on any atom is 0.255 e. The molecule has 2 aromatic carbocycles. The molecule has 6 heteroatoms. The van der Waals surface area contributed by atoms with Crippen LogP contribution in [-0.4, -0.2) is 32.1 Å². The summed E-state index contributed by atoms with van der Waals surface area (Å²) >= 11 is 0. The number of ether oxygens (including phenoxy) is 2. The van der Waals surface area contributed by atoms with Crippen LogP contribution in [0.5, 0.6) is 11.5 Å². The fourth-order valence-electron chi connectivity index (χ4n) is 2.59. The Balaban J connectivity index is 1.77. The highest BCUT2D eigenvalue weighted by molar-refractivity contribution is 6.06. The SMILES string of the molecule is C=CC(=O)N(C)c1ccc(C(=O)Nc2cccc3c2OCCCO3)cc1. The van der Waals surface area contributed by atoms with E-state index < -0.39 is 0 Å². The van der Waals surface area contributed by atoms with Crippen LogP contribution in [0.15, 0.2) is 55.1 Å². The molecule has 0 radical (unpaired) electrons. The van der Waals surface area contributed by atoms with Crippen molar-refractivity contribution in [3.63, 3.8) is 0 Å². The van der Waals surface area contributed by atoms with Crippen LogP contribution in [0.1, 0.15) is 16.8 Å². The van der Waals surface area contributed by atoms with Crippen LogP contribution in [0.3, 0.4) is 0 Å². The highest BCUT2D eigenvalue weighted by Crippen LogP contribution is 2.37. The smallest absolute Gasteiger partial charge is 0.255 e. The molecular formula is C20H20N2O4. The molecule has 0 unspecified atom stereocenters. The van der Waals surface area contributed by atoms with Gasteiger partial charge in [-0.15, -0.1) is 0 Å². The first-order valence-corrected chi connectivity index (χ1v) is 8.30. The lowest BCUT2D eigenvalue weighted by molar-refractivity contribution is -0.113. The summed E-state index contributed by atoms with van der Waals surface area (Å²) in [6.07, 6.45) is 2.03. The molecule has 0 aliphatic carbocycles. The first-order valence-electron chi connectivity index (χ1n) is 8.30. The predicted molar refractivity (Wildman–Crippen MR) is 100 cm³/mol. The number of nitrogens with zero attached hydrogens (tertiary/aromatic N) is 1. The van der Waals surface area contributed by atoms with Gasteiger partial charge in [0.25, 0.3) is 5.91 Å². The molecule has 0 saturated heterocycles. The normalized spacial score (nSPS) is 12.7. The van der Waals surface area contributed by atoms with Gasteiger partial charge < -0.3 is 19.7 Å². The minimum atomic E-state index is -0.268. The lowest BCUT2D eigenvalue weighted by Gasteiger charge is -2.16. The number of anilines is 2. The van der Waals surface area contributed by atoms with Crippen molar-refractivity contribution in [2.24, 2.45) is 0 Å². The minimum Gasteiger partial charge on any atom is -0.489 e. The number of amides is 2. The standard InChI is InChI=1S/C20H20N2O4/c1-3-18(23)22(2)15-10-8-14(9-11-15)20(24)21-16-6-4-7-17-19(16)26-13-5-12-25-17/h3-4,6-11H,1,5,12-13H2,2H3,(H,21,24). The van der Waals surface area contributed by atoms with Gasteiger partial charge in [0, 0.05) is 24.7 Å². The maximum absolute atomic E-state index is 12.6. The molecule has 1 aliphatic rings. The van der Waals surface area contributed by atoms with E-state index >= 15 is 0 Å². The number of carbonyl (C=O) groups excluding carboxylic acids is 2. The second-order valence-electron chi connectivity index (χ2n) is 5.79. The van der Waals surface area contributed by atoms with E-state index in [1.807, 2.05) is 12.1 Å². The second-order valence-corrected chi connectivity index (χ2v) is 5.79. The molecule has 0 saturated carbocycles. The monoisotopic (exact) mass is 352 g/mol. The van der Waals surface area contributed by atoms with Gasteiger partial charge in [0.2, 0.25) is 5.91 Å². The van der Waals surface area contributed by atoms with Crippen LogP contribution in [0.4, 0.5) is 11.4 Å².